The molecule has 0 N–H and O–H groups in total. The summed E-state index contributed by atoms with van der Waals surface area (Å²) in [5.41, 5.74) is 4.96. The molecule has 4 aromatic rings. The number of aromatic nitrogens is 4. The van der Waals surface area contributed by atoms with Crippen LogP contribution in [0.5, 0.6) is 0 Å². The van der Waals surface area contributed by atoms with Crippen LogP contribution in [-0.4, -0.2) is 37.3 Å². The molecular weight excluding hydrogens is 414 g/mol. The number of aryl methyl sites for hydroxylation is 1. The highest BCUT2D eigenvalue weighted by molar-refractivity contribution is 5.84. The van der Waals surface area contributed by atoms with E-state index in [9.17, 15) is 4.79 Å². The second-order valence-electron chi connectivity index (χ2n) is 8.46. The van der Waals surface area contributed by atoms with Crippen LogP contribution in [0.1, 0.15) is 47.5 Å². The Balaban J connectivity index is 1.39. The summed E-state index contributed by atoms with van der Waals surface area (Å²) in [5.74, 6) is 1.03. The Morgan fingerprint density at radius 3 is 2.55 bits per heavy atom. The summed E-state index contributed by atoms with van der Waals surface area (Å²) in [6.45, 7) is 3.24. The molecule has 1 amide bonds. The van der Waals surface area contributed by atoms with Gasteiger partial charge in [-0.25, -0.2) is 0 Å². The first-order valence-corrected chi connectivity index (χ1v) is 11.4. The third kappa shape index (κ3) is 4.18. The molecule has 7 heteroatoms. The smallest absolute Gasteiger partial charge is 0.278 e. The molecule has 33 heavy (non-hydrogen) atoms. The molecule has 0 aliphatic carbocycles. The Hall–Kier alpha value is -3.74. The van der Waals surface area contributed by atoms with Crippen LogP contribution in [0.3, 0.4) is 0 Å². The lowest BCUT2D eigenvalue weighted by Crippen LogP contribution is -2.39. The third-order valence-electron chi connectivity index (χ3n) is 6.34. The van der Waals surface area contributed by atoms with Gasteiger partial charge in [-0.05, 0) is 17.5 Å². The highest BCUT2D eigenvalue weighted by atomic mass is 16.5. The maximum absolute atomic E-state index is 13.4. The lowest BCUT2D eigenvalue weighted by molar-refractivity contribution is -0.133. The third-order valence-corrected chi connectivity index (χ3v) is 6.34. The molecule has 0 radical (unpaired) electrons. The molecule has 0 bridgehead atoms. The fourth-order valence-electron chi connectivity index (χ4n) is 4.61. The molecule has 1 aliphatic rings. The van der Waals surface area contributed by atoms with Crippen molar-refractivity contribution in [3.05, 3.63) is 88.9 Å². The summed E-state index contributed by atoms with van der Waals surface area (Å²) in [4.78, 5) is 20.0. The van der Waals surface area contributed by atoms with Crippen molar-refractivity contribution in [3.63, 3.8) is 0 Å². The molecule has 5 rings (SSSR count). The van der Waals surface area contributed by atoms with Crippen LogP contribution < -0.4 is 0 Å². The standard InChI is InChI=1S/C26H27N5O2/c1-3-20(19-12-8-5-9-13-19)26(32)31-15-14-22-21(17-31)24(28-30(22)2)25-27-23(29-33-25)16-18-10-6-4-7-11-18/h4-13,20H,3,14-17H2,1-2H3/t20-/m1/s1. The average molecular weight is 442 g/mol. The van der Waals surface area contributed by atoms with Crippen LogP contribution in [-0.2, 0) is 31.2 Å². The van der Waals surface area contributed by atoms with E-state index in [1.807, 2.05) is 77.3 Å². The average Bonchev–Trinajstić information content (AvgIpc) is 3.44. The summed E-state index contributed by atoms with van der Waals surface area (Å²) in [6, 6.07) is 20.1. The number of carbonyl (C=O) groups excluding carboxylic acids is 1. The maximum atomic E-state index is 13.4. The number of nitrogens with zero attached hydrogens (tertiary/aromatic N) is 5. The minimum Gasteiger partial charge on any atom is -0.337 e. The number of amides is 1. The predicted octanol–water partition coefficient (Wildman–Crippen LogP) is 4.14. The first-order chi connectivity index (χ1) is 16.1. The summed E-state index contributed by atoms with van der Waals surface area (Å²) < 4.78 is 7.47. The molecule has 1 aliphatic heterocycles. The van der Waals surface area contributed by atoms with Gasteiger partial charge in [-0.3, -0.25) is 9.48 Å². The van der Waals surface area contributed by atoms with E-state index in [0.29, 0.717) is 36.9 Å². The van der Waals surface area contributed by atoms with Gasteiger partial charge in [0.25, 0.3) is 5.89 Å². The van der Waals surface area contributed by atoms with Gasteiger partial charge in [0, 0.05) is 44.2 Å². The normalized spacial score (nSPS) is 14.2. The molecule has 0 spiro atoms. The largest absolute Gasteiger partial charge is 0.337 e. The molecule has 7 nitrogen and oxygen atoms in total. The summed E-state index contributed by atoms with van der Waals surface area (Å²) in [6.07, 6.45) is 2.11. The fourth-order valence-corrected chi connectivity index (χ4v) is 4.61. The number of rotatable bonds is 6. The molecule has 0 unspecified atom stereocenters. The van der Waals surface area contributed by atoms with Crippen molar-refractivity contribution in [2.24, 2.45) is 7.05 Å². The van der Waals surface area contributed by atoms with Crippen LogP contribution in [0, 0.1) is 0 Å². The first-order valence-electron chi connectivity index (χ1n) is 11.4. The Bertz CT molecular complexity index is 1250. The van der Waals surface area contributed by atoms with Crippen LogP contribution in [0.4, 0.5) is 0 Å². The van der Waals surface area contributed by atoms with Crippen LogP contribution in [0.15, 0.2) is 65.2 Å². The predicted molar refractivity (Wildman–Crippen MR) is 124 cm³/mol. The number of hydrogen-bond acceptors (Lipinski definition) is 5. The van der Waals surface area contributed by atoms with Gasteiger partial charge in [0.05, 0.1) is 5.92 Å². The van der Waals surface area contributed by atoms with Gasteiger partial charge in [0.15, 0.2) is 11.5 Å². The fraction of sp³-hybridized carbons (Fsp3) is 0.308. The van der Waals surface area contributed by atoms with E-state index >= 15 is 0 Å². The van der Waals surface area contributed by atoms with Crippen molar-refractivity contribution in [3.8, 4) is 11.6 Å². The number of hydrogen-bond donors (Lipinski definition) is 0. The molecule has 3 heterocycles. The van der Waals surface area contributed by atoms with E-state index in [1.165, 1.54) is 0 Å². The van der Waals surface area contributed by atoms with E-state index in [0.717, 1.165) is 35.2 Å². The highest BCUT2D eigenvalue weighted by Crippen LogP contribution is 2.31. The molecule has 168 valence electrons. The van der Waals surface area contributed by atoms with Crippen molar-refractivity contribution in [1.82, 2.24) is 24.8 Å². The Labute approximate surface area is 193 Å². The molecule has 0 saturated carbocycles. The summed E-state index contributed by atoms with van der Waals surface area (Å²) >= 11 is 0. The van der Waals surface area contributed by atoms with Gasteiger partial charge in [0.2, 0.25) is 5.91 Å². The van der Waals surface area contributed by atoms with Gasteiger partial charge < -0.3 is 9.42 Å². The van der Waals surface area contributed by atoms with Crippen LogP contribution >= 0.6 is 0 Å². The lowest BCUT2D eigenvalue weighted by atomic mass is 9.93. The maximum Gasteiger partial charge on any atom is 0.278 e. The summed E-state index contributed by atoms with van der Waals surface area (Å²) in [5, 5.41) is 8.85. The van der Waals surface area contributed by atoms with Gasteiger partial charge in [-0.2, -0.15) is 10.1 Å². The monoisotopic (exact) mass is 441 g/mol. The molecule has 0 saturated heterocycles. The van der Waals surface area contributed by atoms with E-state index in [1.54, 1.807) is 0 Å². The zero-order chi connectivity index (χ0) is 22.8. The lowest BCUT2D eigenvalue weighted by Gasteiger charge is -2.30. The minimum absolute atomic E-state index is 0.145. The van der Waals surface area contributed by atoms with E-state index in [-0.39, 0.29) is 11.8 Å². The van der Waals surface area contributed by atoms with Crippen LogP contribution in [0.2, 0.25) is 0 Å². The van der Waals surface area contributed by atoms with Crippen molar-refractivity contribution >= 4 is 5.91 Å². The minimum atomic E-state index is -0.145. The van der Waals surface area contributed by atoms with Crippen LogP contribution in [0.25, 0.3) is 11.6 Å². The first kappa shape index (κ1) is 21.1. The van der Waals surface area contributed by atoms with Gasteiger partial charge >= 0.3 is 0 Å². The van der Waals surface area contributed by atoms with E-state index in [2.05, 4.69) is 22.2 Å². The molecule has 2 aromatic heterocycles. The summed E-state index contributed by atoms with van der Waals surface area (Å²) in [7, 11) is 1.93. The molecule has 2 aromatic carbocycles. The van der Waals surface area contributed by atoms with Crippen molar-refractivity contribution in [1.29, 1.82) is 0 Å². The van der Waals surface area contributed by atoms with Gasteiger partial charge in [-0.1, -0.05) is 72.7 Å². The SMILES string of the molecule is CC[C@@H](C(=O)N1CCc2c(c(-c3nc(Cc4ccccc4)no3)nn2C)C1)c1ccccc1. The Morgan fingerprint density at radius 1 is 1.09 bits per heavy atom. The Morgan fingerprint density at radius 2 is 1.82 bits per heavy atom. The molecule has 0 fully saturated rings. The number of carbonyl (C=O) groups is 1. The van der Waals surface area contributed by atoms with Crippen molar-refractivity contribution in [2.75, 3.05) is 6.54 Å². The zero-order valence-electron chi connectivity index (χ0n) is 18.9. The molecule has 1 atom stereocenters. The van der Waals surface area contributed by atoms with Crippen molar-refractivity contribution < 1.29 is 9.32 Å². The van der Waals surface area contributed by atoms with Gasteiger partial charge in [0.1, 0.15) is 0 Å². The quantitative estimate of drug-likeness (QED) is 0.449. The van der Waals surface area contributed by atoms with Gasteiger partial charge in [-0.15, -0.1) is 0 Å². The second-order valence-corrected chi connectivity index (χ2v) is 8.46. The molecular formula is C26H27N5O2. The zero-order valence-corrected chi connectivity index (χ0v) is 18.9. The highest BCUT2D eigenvalue weighted by Gasteiger charge is 2.32. The van der Waals surface area contributed by atoms with E-state index in [4.69, 9.17) is 4.52 Å². The Kier molecular flexibility index (Phi) is 5.77. The topological polar surface area (TPSA) is 77.1 Å². The second kappa shape index (κ2) is 9.02. The number of benzene rings is 2. The van der Waals surface area contributed by atoms with E-state index < -0.39 is 0 Å². The number of fused-ring (bicyclic) bond motifs is 1. The van der Waals surface area contributed by atoms with Crippen molar-refractivity contribution in [2.45, 2.75) is 38.6 Å².